The number of aliphatic hydroxyl groups is 1. The third-order valence-corrected chi connectivity index (χ3v) is 3.84. The van der Waals surface area contributed by atoms with Crippen LogP contribution in [0.15, 0.2) is 48.6 Å². The van der Waals surface area contributed by atoms with E-state index in [0.29, 0.717) is 12.8 Å². The Morgan fingerprint density at radius 1 is 1.18 bits per heavy atom. The zero-order valence-corrected chi connectivity index (χ0v) is 12.4. The average Bonchev–Trinajstić information content (AvgIpc) is 2.51. The topological polar surface area (TPSA) is 77.8 Å². The minimum absolute atomic E-state index is 0.0219. The van der Waals surface area contributed by atoms with Gasteiger partial charge in [0.25, 0.3) is 0 Å². The molecule has 4 nitrogen and oxygen atoms in total. The standard InChI is InChI=1S/C18H20O4/c1-12(6-2-5-9-17(20)21)18(22)15-10-11-16(19)14-8-4-3-7-13(14)15/h3-5,7-12,18-19,22H,2,6H2,1H3,(H,20,21)/b9-5+/t12-,18-/m0/s1. The largest absolute Gasteiger partial charge is 0.507 e. The summed E-state index contributed by atoms with van der Waals surface area (Å²) in [4.78, 5) is 10.4. The number of aromatic hydroxyl groups is 1. The van der Waals surface area contributed by atoms with Crippen LogP contribution in [0.2, 0.25) is 0 Å². The molecule has 2 rings (SSSR count). The van der Waals surface area contributed by atoms with E-state index in [9.17, 15) is 15.0 Å². The van der Waals surface area contributed by atoms with Crippen LogP contribution in [0.3, 0.4) is 0 Å². The molecule has 0 fully saturated rings. The van der Waals surface area contributed by atoms with Gasteiger partial charge in [0, 0.05) is 11.5 Å². The molecule has 0 aliphatic heterocycles. The van der Waals surface area contributed by atoms with Crippen molar-refractivity contribution in [3.05, 3.63) is 54.1 Å². The van der Waals surface area contributed by atoms with Crippen molar-refractivity contribution in [3.63, 3.8) is 0 Å². The van der Waals surface area contributed by atoms with Gasteiger partial charge < -0.3 is 15.3 Å². The Morgan fingerprint density at radius 3 is 2.55 bits per heavy atom. The highest BCUT2D eigenvalue weighted by atomic mass is 16.4. The van der Waals surface area contributed by atoms with Gasteiger partial charge in [-0.2, -0.15) is 0 Å². The predicted molar refractivity (Wildman–Crippen MR) is 85.7 cm³/mol. The van der Waals surface area contributed by atoms with E-state index in [2.05, 4.69) is 0 Å². The van der Waals surface area contributed by atoms with Crippen LogP contribution >= 0.6 is 0 Å². The van der Waals surface area contributed by atoms with Crippen LogP contribution in [0.25, 0.3) is 10.8 Å². The molecule has 4 heteroatoms. The molecule has 0 spiro atoms. The monoisotopic (exact) mass is 300 g/mol. The first-order chi connectivity index (χ1) is 10.5. The molecular formula is C18H20O4. The van der Waals surface area contributed by atoms with Crippen molar-refractivity contribution in [2.24, 2.45) is 5.92 Å². The van der Waals surface area contributed by atoms with Gasteiger partial charge >= 0.3 is 5.97 Å². The number of aliphatic hydroxyl groups excluding tert-OH is 1. The lowest BCUT2D eigenvalue weighted by molar-refractivity contribution is -0.131. The van der Waals surface area contributed by atoms with E-state index in [4.69, 9.17) is 5.11 Å². The molecule has 0 heterocycles. The summed E-state index contributed by atoms with van der Waals surface area (Å²) < 4.78 is 0. The van der Waals surface area contributed by atoms with E-state index in [1.165, 1.54) is 0 Å². The molecule has 0 amide bonds. The third-order valence-electron chi connectivity index (χ3n) is 3.84. The highest BCUT2D eigenvalue weighted by Crippen LogP contribution is 2.34. The summed E-state index contributed by atoms with van der Waals surface area (Å²) in [5.41, 5.74) is 0.781. The Morgan fingerprint density at radius 2 is 1.86 bits per heavy atom. The fourth-order valence-electron chi connectivity index (χ4n) is 2.57. The molecule has 0 aliphatic rings. The molecule has 2 aromatic rings. The lowest BCUT2D eigenvalue weighted by Crippen LogP contribution is -2.09. The van der Waals surface area contributed by atoms with Gasteiger partial charge in [0.15, 0.2) is 0 Å². The number of carbonyl (C=O) groups is 1. The molecule has 0 radical (unpaired) electrons. The minimum Gasteiger partial charge on any atom is -0.507 e. The number of hydrogen-bond acceptors (Lipinski definition) is 3. The van der Waals surface area contributed by atoms with E-state index in [1.54, 1.807) is 18.2 Å². The lowest BCUT2D eigenvalue weighted by Gasteiger charge is -2.20. The van der Waals surface area contributed by atoms with Crippen molar-refractivity contribution in [2.75, 3.05) is 0 Å². The summed E-state index contributed by atoms with van der Waals surface area (Å²) in [5.74, 6) is -0.785. The first-order valence-electron chi connectivity index (χ1n) is 7.29. The second kappa shape index (κ2) is 7.09. The maximum absolute atomic E-state index is 10.6. The molecule has 0 saturated carbocycles. The first-order valence-corrected chi connectivity index (χ1v) is 7.29. The van der Waals surface area contributed by atoms with Crippen molar-refractivity contribution in [2.45, 2.75) is 25.9 Å². The number of phenolic OH excluding ortho intramolecular Hbond substituents is 1. The summed E-state index contributed by atoms with van der Waals surface area (Å²) in [6.07, 6.45) is 3.33. The van der Waals surface area contributed by atoms with Gasteiger partial charge in [-0.25, -0.2) is 4.79 Å². The van der Waals surface area contributed by atoms with Crippen LogP contribution < -0.4 is 0 Å². The number of benzene rings is 2. The van der Waals surface area contributed by atoms with Crippen LogP contribution in [0.1, 0.15) is 31.4 Å². The number of fused-ring (bicyclic) bond motifs is 1. The molecule has 22 heavy (non-hydrogen) atoms. The van der Waals surface area contributed by atoms with Gasteiger partial charge in [0.1, 0.15) is 5.75 Å². The smallest absolute Gasteiger partial charge is 0.327 e. The zero-order chi connectivity index (χ0) is 16.1. The first kappa shape index (κ1) is 16.0. The summed E-state index contributed by atoms with van der Waals surface area (Å²) in [6.45, 7) is 1.93. The number of allylic oxidation sites excluding steroid dienone is 1. The normalized spacial score (nSPS) is 14.3. The van der Waals surface area contributed by atoms with Crippen LogP contribution in [0.5, 0.6) is 5.75 Å². The van der Waals surface area contributed by atoms with Gasteiger partial charge in [0.2, 0.25) is 0 Å². The predicted octanol–water partition coefficient (Wildman–Crippen LogP) is 3.64. The van der Waals surface area contributed by atoms with Crippen molar-refractivity contribution in [1.82, 2.24) is 0 Å². The molecule has 0 unspecified atom stereocenters. The van der Waals surface area contributed by atoms with Crippen molar-refractivity contribution < 1.29 is 20.1 Å². The summed E-state index contributed by atoms with van der Waals surface area (Å²) in [5, 5.41) is 30.6. The van der Waals surface area contributed by atoms with E-state index in [-0.39, 0.29) is 11.7 Å². The van der Waals surface area contributed by atoms with Gasteiger partial charge in [-0.3, -0.25) is 0 Å². The second-order valence-electron chi connectivity index (χ2n) is 5.46. The van der Waals surface area contributed by atoms with Crippen LogP contribution in [-0.2, 0) is 4.79 Å². The highest BCUT2D eigenvalue weighted by Gasteiger charge is 2.18. The molecular weight excluding hydrogens is 280 g/mol. The summed E-state index contributed by atoms with van der Waals surface area (Å²) in [6, 6.07) is 10.8. The summed E-state index contributed by atoms with van der Waals surface area (Å²) in [7, 11) is 0. The molecule has 3 N–H and O–H groups in total. The zero-order valence-electron chi connectivity index (χ0n) is 12.4. The highest BCUT2D eigenvalue weighted by molar-refractivity contribution is 5.91. The molecule has 0 saturated heterocycles. The van der Waals surface area contributed by atoms with Gasteiger partial charge in [-0.1, -0.05) is 43.3 Å². The van der Waals surface area contributed by atoms with Crippen molar-refractivity contribution in [3.8, 4) is 5.75 Å². The molecule has 0 aromatic heterocycles. The molecule has 0 bridgehead atoms. The van der Waals surface area contributed by atoms with E-state index >= 15 is 0 Å². The van der Waals surface area contributed by atoms with Crippen LogP contribution in [-0.4, -0.2) is 21.3 Å². The summed E-state index contributed by atoms with van der Waals surface area (Å²) >= 11 is 0. The maximum Gasteiger partial charge on any atom is 0.327 e. The molecule has 2 atom stereocenters. The number of aliphatic carboxylic acids is 1. The Labute approximate surface area is 129 Å². The quantitative estimate of drug-likeness (QED) is 0.712. The Balaban J connectivity index is 2.17. The van der Waals surface area contributed by atoms with Crippen molar-refractivity contribution >= 4 is 16.7 Å². The number of hydrogen-bond donors (Lipinski definition) is 3. The van der Waals surface area contributed by atoms with Crippen LogP contribution in [0.4, 0.5) is 0 Å². The second-order valence-corrected chi connectivity index (χ2v) is 5.46. The van der Waals surface area contributed by atoms with Crippen molar-refractivity contribution in [1.29, 1.82) is 0 Å². The van der Waals surface area contributed by atoms with Gasteiger partial charge in [-0.05, 0) is 35.8 Å². The third kappa shape index (κ3) is 3.65. The Bertz CT molecular complexity index is 691. The SMILES string of the molecule is C[C@@H](CC/C=C/C(=O)O)[C@H](O)c1ccc(O)c2ccccc12. The Kier molecular flexibility index (Phi) is 5.17. The van der Waals surface area contributed by atoms with Gasteiger partial charge in [0.05, 0.1) is 6.10 Å². The number of rotatable bonds is 6. The van der Waals surface area contributed by atoms with E-state index < -0.39 is 12.1 Å². The van der Waals surface area contributed by atoms with E-state index in [1.807, 2.05) is 31.2 Å². The molecule has 116 valence electrons. The number of carboxylic acid groups (broad SMARTS) is 1. The fraction of sp³-hybridized carbons (Fsp3) is 0.278. The molecule has 0 aliphatic carbocycles. The fourth-order valence-corrected chi connectivity index (χ4v) is 2.57. The lowest BCUT2D eigenvalue weighted by atomic mass is 9.90. The average molecular weight is 300 g/mol. The Hall–Kier alpha value is -2.33. The van der Waals surface area contributed by atoms with Crippen LogP contribution in [0, 0.1) is 5.92 Å². The van der Waals surface area contributed by atoms with Gasteiger partial charge in [-0.15, -0.1) is 0 Å². The maximum atomic E-state index is 10.6. The number of phenols is 1. The number of carboxylic acids is 1. The van der Waals surface area contributed by atoms with E-state index in [0.717, 1.165) is 22.4 Å². The minimum atomic E-state index is -0.960. The molecule has 2 aromatic carbocycles.